The van der Waals surface area contributed by atoms with Gasteiger partial charge in [0, 0.05) is 31.1 Å². The number of ether oxygens (including phenoxy) is 3. The van der Waals surface area contributed by atoms with Crippen molar-refractivity contribution in [1.29, 1.82) is 0 Å². The molecule has 208 valence electrons. The predicted molar refractivity (Wildman–Crippen MR) is 152 cm³/mol. The van der Waals surface area contributed by atoms with Crippen LogP contribution in [-0.4, -0.2) is 65.4 Å². The van der Waals surface area contributed by atoms with E-state index < -0.39 is 12.0 Å². The number of methoxy groups -OCH3 is 3. The molecule has 1 unspecified atom stereocenters. The molecule has 0 fully saturated rings. The lowest BCUT2D eigenvalue weighted by atomic mass is 10.1. The normalized spacial score (nSPS) is 11.7. The van der Waals surface area contributed by atoms with Crippen LogP contribution >= 0.6 is 0 Å². The fourth-order valence-corrected chi connectivity index (χ4v) is 4.30. The summed E-state index contributed by atoms with van der Waals surface area (Å²) in [5.74, 6) is 0.635. The second-order valence-electron chi connectivity index (χ2n) is 9.25. The molecule has 4 rings (SSSR count). The Kier molecular flexibility index (Phi) is 9.13. The van der Waals surface area contributed by atoms with Crippen molar-refractivity contribution in [3.63, 3.8) is 0 Å². The number of nitrogens with zero attached hydrogens (tertiary/aromatic N) is 4. The Hall–Kier alpha value is -4.70. The third-order valence-corrected chi connectivity index (χ3v) is 6.36. The maximum Gasteiger partial charge on any atom is 0.257 e. The van der Waals surface area contributed by atoms with Gasteiger partial charge in [0.1, 0.15) is 6.54 Å². The molecule has 4 aromatic rings. The van der Waals surface area contributed by atoms with Crippen LogP contribution in [0, 0.1) is 0 Å². The molecule has 40 heavy (non-hydrogen) atoms. The second-order valence-corrected chi connectivity index (χ2v) is 9.25. The SMILES string of the molecule is COc1ccc(C(OC)C(=O)N(CC(=O)Nc2nn(-c3cccnc3)cc2-c2ccccc2)C(C)C)cc1OC. The van der Waals surface area contributed by atoms with Crippen molar-refractivity contribution in [2.24, 2.45) is 0 Å². The van der Waals surface area contributed by atoms with Gasteiger partial charge in [-0.05, 0) is 49.2 Å². The van der Waals surface area contributed by atoms with E-state index in [1.165, 1.54) is 19.1 Å². The molecule has 1 N–H and O–H groups in total. The molecule has 0 aliphatic heterocycles. The largest absolute Gasteiger partial charge is 0.493 e. The Morgan fingerprint density at radius 3 is 2.35 bits per heavy atom. The van der Waals surface area contributed by atoms with Crippen LogP contribution in [-0.2, 0) is 14.3 Å². The van der Waals surface area contributed by atoms with E-state index >= 15 is 0 Å². The van der Waals surface area contributed by atoms with Crippen LogP contribution in [0.3, 0.4) is 0 Å². The molecule has 2 amide bonds. The van der Waals surface area contributed by atoms with Gasteiger partial charge in [-0.2, -0.15) is 0 Å². The van der Waals surface area contributed by atoms with Crippen molar-refractivity contribution >= 4 is 17.6 Å². The highest BCUT2D eigenvalue weighted by Gasteiger charge is 2.30. The maximum absolute atomic E-state index is 13.7. The van der Waals surface area contributed by atoms with E-state index in [1.807, 2.05) is 62.5 Å². The molecule has 0 saturated carbocycles. The average Bonchev–Trinajstić information content (AvgIpc) is 3.40. The van der Waals surface area contributed by atoms with Crippen LogP contribution in [0.15, 0.2) is 79.3 Å². The molecule has 0 radical (unpaired) electrons. The highest BCUT2D eigenvalue weighted by molar-refractivity contribution is 5.97. The number of carbonyl (C=O) groups is 2. The summed E-state index contributed by atoms with van der Waals surface area (Å²) in [6.45, 7) is 3.50. The van der Waals surface area contributed by atoms with E-state index in [-0.39, 0.29) is 18.5 Å². The predicted octanol–water partition coefficient (Wildman–Crippen LogP) is 4.51. The first kappa shape index (κ1) is 28.3. The number of hydrogen-bond acceptors (Lipinski definition) is 7. The number of hydrogen-bond donors (Lipinski definition) is 1. The molecule has 0 aliphatic carbocycles. The lowest BCUT2D eigenvalue weighted by Crippen LogP contribution is -2.45. The highest BCUT2D eigenvalue weighted by atomic mass is 16.5. The zero-order valence-electron chi connectivity index (χ0n) is 23.2. The van der Waals surface area contributed by atoms with Gasteiger partial charge < -0.3 is 24.4 Å². The first-order chi connectivity index (χ1) is 19.4. The molecule has 2 heterocycles. The van der Waals surface area contributed by atoms with E-state index in [4.69, 9.17) is 14.2 Å². The monoisotopic (exact) mass is 543 g/mol. The number of carbonyl (C=O) groups excluding carboxylic acids is 2. The zero-order valence-corrected chi connectivity index (χ0v) is 23.2. The van der Waals surface area contributed by atoms with Crippen molar-refractivity contribution in [2.75, 3.05) is 33.2 Å². The van der Waals surface area contributed by atoms with Crippen LogP contribution in [0.1, 0.15) is 25.5 Å². The number of rotatable bonds is 11. The van der Waals surface area contributed by atoms with Crippen LogP contribution in [0.25, 0.3) is 16.8 Å². The van der Waals surface area contributed by atoms with Gasteiger partial charge in [0.25, 0.3) is 5.91 Å². The Labute approximate surface area is 233 Å². The van der Waals surface area contributed by atoms with Gasteiger partial charge in [-0.3, -0.25) is 14.6 Å². The number of aromatic nitrogens is 3. The van der Waals surface area contributed by atoms with Gasteiger partial charge in [0.15, 0.2) is 23.4 Å². The summed E-state index contributed by atoms with van der Waals surface area (Å²) < 4.78 is 17.9. The molecule has 10 heteroatoms. The van der Waals surface area contributed by atoms with Crippen molar-refractivity contribution in [2.45, 2.75) is 26.0 Å². The van der Waals surface area contributed by atoms with Crippen LogP contribution in [0.5, 0.6) is 11.5 Å². The lowest BCUT2D eigenvalue weighted by molar-refractivity contribution is -0.146. The fourth-order valence-electron chi connectivity index (χ4n) is 4.30. The van der Waals surface area contributed by atoms with Gasteiger partial charge in [-0.25, -0.2) is 4.68 Å². The number of anilines is 1. The van der Waals surface area contributed by atoms with Crippen molar-refractivity contribution < 1.29 is 23.8 Å². The molecule has 0 aliphatic rings. The number of amides is 2. The number of benzene rings is 2. The summed E-state index contributed by atoms with van der Waals surface area (Å²) in [5, 5.41) is 7.53. The Bertz CT molecular complexity index is 1440. The van der Waals surface area contributed by atoms with E-state index in [2.05, 4.69) is 15.4 Å². The average molecular weight is 544 g/mol. The fraction of sp³-hybridized carbons (Fsp3) is 0.267. The minimum absolute atomic E-state index is 0.197. The summed E-state index contributed by atoms with van der Waals surface area (Å²) in [6, 6.07) is 18.2. The minimum Gasteiger partial charge on any atom is -0.493 e. The molecule has 0 bridgehead atoms. The summed E-state index contributed by atoms with van der Waals surface area (Å²) in [5.41, 5.74) is 2.95. The van der Waals surface area contributed by atoms with Crippen molar-refractivity contribution in [3.05, 3.63) is 84.8 Å². The number of pyridine rings is 1. The molecule has 1 atom stereocenters. The third-order valence-electron chi connectivity index (χ3n) is 6.36. The smallest absolute Gasteiger partial charge is 0.257 e. The summed E-state index contributed by atoms with van der Waals surface area (Å²) in [7, 11) is 4.52. The van der Waals surface area contributed by atoms with Gasteiger partial charge in [-0.1, -0.05) is 36.4 Å². The van der Waals surface area contributed by atoms with E-state index in [9.17, 15) is 9.59 Å². The first-order valence-corrected chi connectivity index (χ1v) is 12.8. The molecule has 2 aromatic heterocycles. The molecule has 10 nitrogen and oxygen atoms in total. The molecular formula is C30H33N5O5. The first-order valence-electron chi connectivity index (χ1n) is 12.8. The number of nitrogens with one attached hydrogen (secondary N) is 1. The Morgan fingerprint density at radius 1 is 0.975 bits per heavy atom. The summed E-state index contributed by atoms with van der Waals surface area (Å²) in [6.07, 6.45) is 4.26. The Morgan fingerprint density at radius 2 is 1.73 bits per heavy atom. The van der Waals surface area contributed by atoms with Gasteiger partial charge in [0.05, 0.1) is 26.1 Å². The van der Waals surface area contributed by atoms with Gasteiger partial charge in [0.2, 0.25) is 5.91 Å². The topological polar surface area (TPSA) is 108 Å². The second kappa shape index (κ2) is 12.9. The quantitative estimate of drug-likeness (QED) is 0.296. The molecule has 0 spiro atoms. The van der Waals surface area contributed by atoms with Crippen LogP contribution in [0.4, 0.5) is 5.82 Å². The minimum atomic E-state index is -0.945. The van der Waals surface area contributed by atoms with Crippen LogP contribution in [0.2, 0.25) is 0 Å². The van der Waals surface area contributed by atoms with Gasteiger partial charge in [-0.15, -0.1) is 5.10 Å². The standard InChI is InChI=1S/C30H33N5O5/c1-20(2)34(30(37)28(40-5)22-13-14-25(38-3)26(16-22)39-4)19-27(36)32-29-24(21-10-7-6-8-11-21)18-35(33-29)23-12-9-15-31-17-23/h6-18,20,28H,19H2,1-5H3,(H,32,33,36). The maximum atomic E-state index is 13.7. The molecule has 2 aromatic carbocycles. The zero-order chi connectivity index (χ0) is 28.6. The third kappa shape index (κ3) is 6.29. The van der Waals surface area contributed by atoms with E-state index in [0.717, 1.165) is 16.8 Å². The highest BCUT2D eigenvalue weighted by Crippen LogP contribution is 2.32. The van der Waals surface area contributed by atoms with Gasteiger partial charge >= 0.3 is 0 Å². The van der Waals surface area contributed by atoms with Crippen molar-refractivity contribution in [1.82, 2.24) is 19.7 Å². The Balaban J connectivity index is 1.58. The van der Waals surface area contributed by atoms with Crippen LogP contribution < -0.4 is 14.8 Å². The van der Waals surface area contributed by atoms with E-state index in [1.54, 1.807) is 42.4 Å². The molecule has 0 saturated heterocycles. The summed E-state index contributed by atoms with van der Waals surface area (Å²) in [4.78, 5) is 32.6. The summed E-state index contributed by atoms with van der Waals surface area (Å²) >= 11 is 0. The lowest BCUT2D eigenvalue weighted by Gasteiger charge is -2.30. The molecular weight excluding hydrogens is 510 g/mol. The van der Waals surface area contributed by atoms with E-state index in [0.29, 0.717) is 22.9 Å². The van der Waals surface area contributed by atoms with Crippen molar-refractivity contribution in [3.8, 4) is 28.3 Å².